The Balaban J connectivity index is 1.57. The third kappa shape index (κ3) is 4.47. The highest BCUT2D eigenvalue weighted by Gasteiger charge is 2.51. The van der Waals surface area contributed by atoms with E-state index in [2.05, 4.69) is 4.98 Å². The number of esters is 1. The van der Waals surface area contributed by atoms with Crippen LogP contribution in [0.3, 0.4) is 0 Å². The van der Waals surface area contributed by atoms with Gasteiger partial charge in [0.1, 0.15) is 5.82 Å². The molecule has 3 heterocycles. The number of likely N-dealkylation sites (tertiary alicyclic amines) is 1. The number of ether oxygens (including phenoxy) is 1. The molecule has 2 aliphatic rings. The van der Waals surface area contributed by atoms with Crippen LogP contribution in [-0.2, 0) is 23.6 Å². The minimum absolute atomic E-state index is 0.0127. The van der Waals surface area contributed by atoms with Crippen LogP contribution in [0.25, 0.3) is 11.0 Å². The molecule has 184 valence electrons. The second kappa shape index (κ2) is 9.00. The molecule has 1 amide bonds. The van der Waals surface area contributed by atoms with Crippen molar-refractivity contribution < 1.29 is 23.6 Å². The van der Waals surface area contributed by atoms with E-state index in [1.165, 1.54) is 7.11 Å². The van der Waals surface area contributed by atoms with Gasteiger partial charge < -0.3 is 23.9 Å². The van der Waals surface area contributed by atoms with E-state index >= 15 is 0 Å². The van der Waals surface area contributed by atoms with E-state index in [1.807, 2.05) is 64.6 Å². The summed E-state index contributed by atoms with van der Waals surface area (Å²) in [5, 5.41) is 0. The fraction of sp³-hybridized carbons (Fsp3) is 0.640. The van der Waals surface area contributed by atoms with Gasteiger partial charge in [-0.25, -0.2) is 4.98 Å². The van der Waals surface area contributed by atoms with Gasteiger partial charge in [-0.15, -0.1) is 0 Å². The van der Waals surface area contributed by atoms with E-state index in [4.69, 9.17) is 19.0 Å². The highest BCUT2D eigenvalue weighted by molar-refractivity contribution is 6.62. The second-order valence-corrected chi connectivity index (χ2v) is 10.8. The minimum Gasteiger partial charge on any atom is -0.469 e. The van der Waals surface area contributed by atoms with Gasteiger partial charge in [-0.2, -0.15) is 0 Å². The Morgan fingerprint density at radius 1 is 1.24 bits per heavy atom. The topological polar surface area (TPSA) is 93.8 Å². The first kappa shape index (κ1) is 24.7. The molecule has 0 aliphatic carbocycles. The lowest BCUT2D eigenvalue weighted by Gasteiger charge is -2.32. The first-order chi connectivity index (χ1) is 15.9. The van der Waals surface area contributed by atoms with Crippen LogP contribution in [-0.4, -0.2) is 58.7 Å². The highest BCUT2D eigenvalue weighted by Crippen LogP contribution is 2.37. The van der Waals surface area contributed by atoms with Gasteiger partial charge in [-0.05, 0) is 64.1 Å². The molecule has 4 rings (SSSR count). The van der Waals surface area contributed by atoms with Crippen LogP contribution in [0.1, 0.15) is 72.7 Å². The molecule has 0 radical (unpaired) electrons. The number of rotatable bonds is 6. The molecule has 2 atom stereocenters. The molecule has 0 spiro atoms. The highest BCUT2D eigenvalue weighted by atomic mass is 16.7. The average molecular weight is 469 g/mol. The number of amides is 1. The summed E-state index contributed by atoms with van der Waals surface area (Å²) < 4.78 is 17.2. The Hall–Kier alpha value is -2.39. The average Bonchev–Trinajstić information content (AvgIpc) is 3.46. The molecule has 9 heteroatoms. The van der Waals surface area contributed by atoms with Crippen molar-refractivity contribution in [1.82, 2.24) is 14.9 Å². The summed E-state index contributed by atoms with van der Waals surface area (Å²) in [6, 6.07) is 5.82. The van der Waals surface area contributed by atoms with Crippen LogP contribution in [0.4, 0.5) is 0 Å². The van der Waals surface area contributed by atoms with Gasteiger partial charge in [0.05, 0.1) is 47.7 Å². The lowest BCUT2D eigenvalue weighted by atomic mass is 9.79. The van der Waals surface area contributed by atoms with Crippen LogP contribution < -0.4 is 5.46 Å². The zero-order valence-corrected chi connectivity index (χ0v) is 21.3. The van der Waals surface area contributed by atoms with Crippen molar-refractivity contribution in [3.8, 4) is 0 Å². The summed E-state index contributed by atoms with van der Waals surface area (Å²) in [7, 11) is 0.908. The maximum atomic E-state index is 13.4. The van der Waals surface area contributed by atoms with Crippen molar-refractivity contribution in [2.24, 2.45) is 11.8 Å². The number of fused-ring (bicyclic) bond motifs is 1. The van der Waals surface area contributed by atoms with Gasteiger partial charge in [-0.1, -0.05) is 19.9 Å². The number of imidazole rings is 1. The lowest BCUT2D eigenvalue weighted by Crippen LogP contribution is -2.41. The minimum atomic E-state index is -0.448. The number of H-pyrrole nitrogens is 1. The van der Waals surface area contributed by atoms with Gasteiger partial charge >= 0.3 is 13.1 Å². The number of aromatic nitrogens is 2. The predicted octanol–water partition coefficient (Wildman–Crippen LogP) is 3.36. The molecule has 2 fully saturated rings. The van der Waals surface area contributed by atoms with Gasteiger partial charge in [-0.3, -0.25) is 9.59 Å². The first-order valence-electron chi connectivity index (χ1n) is 12.2. The Morgan fingerprint density at radius 2 is 1.91 bits per heavy atom. The number of aromatic amines is 1. The van der Waals surface area contributed by atoms with E-state index in [9.17, 15) is 9.59 Å². The summed E-state index contributed by atoms with van der Waals surface area (Å²) in [6.07, 6.45) is 1.82. The number of hydrogen-bond donors (Lipinski definition) is 1. The number of nitrogens with zero attached hydrogens (tertiary/aromatic N) is 2. The Morgan fingerprint density at radius 3 is 2.53 bits per heavy atom. The number of benzene rings is 1. The van der Waals surface area contributed by atoms with Crippen molar-refractivity contribution >= 4 is 35.5 Å². The first-order valence-corrected chi connectivity index (χ1v) is 12.2. The van der Waals surface area contributed by atoms with E-state index in [0.717, 1.165) is 35.2 Å². The van der Waals surface area contributed by atoms with Crippen molar-refractivity contribution in [1.29, 1.82) is 0 Å². The van der Waals surface area contributed by atoms with Crippen LogP contribution >= 0.6 is 0 Å². The van der Waals surface area contributed by atoms with Crippen molar-refractivity contribution in [3.05, 3.63) is 24.0 Å². The van der Waals surface area contributed by atoms with Crippen LogP contribution in [0.2, 0.25) is 0 Å². The SMILES string of the molecule is COC(=O)C[C@H](C(=O)N1CCC[C@H]1c1nc2ccc(B3OC(C)(C)C(C)(C)O3)cc2[nH]1)C(C)C. The van der Waals surface area contributed by atoms with E-state index in [0.29, 0.717) is 6.54 Å². The van der Waals surface area contributed by atoms with Crippen molar-refractivity contribution in [3.63, 3.8) is 0 Å². The zero-order valence-electron chi connectivity index (χ0n) is 21.3. The number of methoxy groups -OCH3 is 1. The molecule has 1 aromatic heterocycles. The fourth-order valence-electron chi connectivity index (χ4n) is 4.73. The molecule has 34 heavy (non-hydrogen) atoms. The molecule has 2 aliphatic heterocycles. The molecule has 1 aromatic carbocycles. The van der Waals surface area contributed by atoms with E-state index in [1.54, 1.807) is 0 Å². The number of hydrogen-bond acceptors (Lipinski definition) is 6. The summed E-state index contributed by atoms with van der Waals surface area (Å²) in [5.41, 5.74) is 1.83. The molecular formula is C25H36BN3O5. The van der Waals surface area contributed by atoms with Crippen molar-refractivity contribution in [2.45, 2.75) is 78.0 Å². The number of carbonyl (C=O) groups excluding carboxylic acids is 2. The zero-order chi connectivity index (χ0) is 24.8. The molecule has 0 bridgehead atoms. The van der Waals surface area contributed by atoms with Crippen LogP contribution in [0.5, 0.6) is 0 Å². The summed E-state index contributed by atoms with van der Waals surface area (Å²) in [5.74, 6) is 0.0222. The van der Waals surface area contributed by atoms with Gasteiger partial charge in [0.2, 0.25) is 5.91 Å². The molecule has 0 saturated carbocycles. The van der Waals surface area contributed by atoms with Gasteiger partial charge in [0.15, 0.2) is 0 Å². The Kier molecular flexibility index (Phi) is 6.55. The Labute approximate surface area is 201 Å². The molecule has 1 N–H and O–H groups in total. The third-order valence-corrected chi connectivity index (χ3v) is 7.64. The van der Waals surface area contributed by atoms with Crippen LogP contribution in [0, 0.1) is 11.8 Å². The normalized spacial score (nSPS) is 22.5. The largest absolute Gasteiger partial charge is 0.494 e. The van der Waals surface area contributed by atoms with Crippen molar-refractivity contribution in [2.75, 3.05) is 13.7 Å². The standard InChI is InChI=1S/C25H36BN3O5/c1-15(2)17(14-21(30)32-7)23(31)29-12-8-9-20(29)22-27-18-11-10-16(13-19(18)28-22)26-33-24(3,4)25(5,6)34-26/h10-11,13,15,17,20H,8-9,12,14H2,1-7H3,(H,27,28)/t17-,20-/m0/s1. The van der Waals surface area contributed by atoms with E-state index < -0.39 is 24.2 Å². The molecular weight excluding hydrogens is 433 g/mol. The Bertz CT molecular complexity index is 1060. The monoisotopic (exact) mass is 469 g/mol. The molecule has 2 aromatic rings. The molecule has 8 nitrogen and oxygen atoms in total. The van der Waals surface area contributed by atoms with Gasteiger partial charge in [0.25, 0.3) is 0 Å². The number of carbonyl (C=O) groups is 2. The van der Waals surface area contributed by atoms with E-state index in [-0.39, 0.29) is 30.3 Å². The summed E-state index contributed by atoms with van der Waals surface area (Å²) >= 11 is 0. The number of nitrogens with one attached hydrogen (secondary N) is 1. The van der Waals surface area contributed by atoms with Crippen LogP contribution in [0.15, 0.2) is 18.2 Å². The quantitative estimate of drug-likeness (QED) is 0.515. The maximum Gasteiger partial charge on any atom is 0.494 e. The lowest BCUT2D eigenvalue weighted by molar-refractivity contribution is -0.148. The third-order valence-electron chi connectivity index (χ3n) is 7.64. The fourth-order valence-corrected chi connectivity index (χ4v) is 4.73. The molecule has 0 unspecified atom stereocenters. The maximum absolute atomic E-state index is 13.4. The van der Waals surface area contributed by atoms with Gasteiger partial charge in [0, 0.05) is 6.54 Å². The second-order valence-electron chi connectivity index (χ2n) is 10.8. The summed E-state index contributed by atoms with van der Waals surface area (Å²) in [4.78, 5) is 35.5. The summed E-state index contributed by atoms with van der Waals surface area (Å²) in [6.45, 7) is 12.7. The predicted molar refractivity (Wildman–Crippen MR) is 130 cm³/mol. The molecule has 2 saturated heterocycles. The smallest absolute Gasteiger partial charge is 0.469 e.